The highest BCUT2D eigenvalue weighted by Crippen LogP contribution is 2.34. The van der Waals surface area contributed by atoms with Crippen LogP contribution in [-0.4, -0.2) is 31.0 Å². The van der Waals surface area contributed by atoms with Crippen LogP contribution in [0.1, 0.15) is 12.5 Å². The Balaban J connectivity index is 1.56. The van der Waals surface area contributed by atoms with Gasteiger partial charge in [0.1, 0.15) is 4.90 Å². The molecule has 1 heterocycles. The lowest BCUT2D eigenvalue weighted by Crippen LogP contribution is -2.19. The summed E-state index contributed by atoms with van der Waals surface area (Å²) in [6.07, 6.45) is 1.63. The maximum atomic E-state index is 12.7. The number of hydrogen-bond donors (Lipinski definition) is 1. The number of ether oxygens (including phenoxy) is 1. The third kappa shape index (κ3) is 6.56. The van der Waals surface area contributed by atoms with Crippen LogP contribution in [0.2, 0.25) is 0 Å². The van der Waals surface area contributed by atoms with Crippen molar-refractivity contribution in [3.05, 3.63) is 91.8 Å². The fraction of sp³-hybridized carbons (Fsp3) is 0.0833. The third-order valence-electron chi connectivity index (χ3n) is 4.81. The first-order chi connectivity index (χ1) is 17.6. The van der Waals surface area contributed by atoms with Crippen molar-refractivity contribution in [1.82, 2.24) is 5.32 Å². The van der Waals surface area contributed by atoms with Crippen LogP contribution in [0.25, 0.3) is 6.08 Å². The van der Waals surface area contributed by atoms with Crippen LogP contribution in [0.4, 0.5) is 11.4 Å². The minimum Gasteiger partial charge on any atom is -0.490 e. The number of nitrogens with one attached hydrogen (secondary N) is 1. The number of carbonyl (C=O) groups is 1. The summed E-state index contributed by atoms with van der Waals surface area (Å²) in [5.41, 5.74) is 1.01. The Bertz CT molecular complexity index is 1520. The number of nitro benzene ring substituents is 1. The van der Waals surface area contributed by atoms with Crippen molar-refractivity contribution in [3.63, 3.8) is 0 Å². The Morgan fingerprint density at radius 2 is 1.78 bits per heavy atom. The van der Waals surface area contributed by atoms with E-state index in [2.05, 4.69) is 26.2 Å². The molecule has 190 valence electrons. The number of aliphatic imine (C=N–C) groups is 1. The van der Waals surface area contributed by atoms with E-state index in [0.717, 1.165) is 28.7 Å². The highest BCUT2D eigenvalue weighted by Gasteiger charge is 2.25. The molecular formula is C24H18BrN3O7S2. The molecule has 3 aromatic rings. The Hall–Kier alpha value is -3.68. The van der Waals surface area contributed by atoms with E-state index in [1.54, 1.807) is 25.1 Å². The third-order valence-corrected chi connectivity index (χ3v) is 7.50. The van der Waals surface area contributed by atoms with E-state index in [9.17, 15) is 23.3 Å². The van der Waals surface area contributed by atoms with E-state index in [4.69, 9.17) is 8.92 Å². The van der Waals surface area contributed by atoms with Crippen LogP contribution in [0.15, 0.2) is 86.0 Å². The van der Waals surface area contributed by atoms with Crippen molar-refractivity contribution < 1.29 is 27.1 Å². The molecule has 1 saturated heterocycles. The van der Waals surface area contributed by atoms with Gasteiger partial charge in [-0.3, -0.25) is 14.9 Å². The number of halogens is 1. The quantitative estimate of drug-likeness (QED) is 0.156. The van der Waals surface area contributed by atoms with Crippen LogP contribution in [0, 0.1) is 10.1 Å². The smallest absolute Gasteiger partial charge is 0.339 e. The van der Waals surface area contributed by atoms with E-state index in [-0.39, 0.29) is 34.6 Å². The molecule has 1 N–H and O–H groups in total. The Morgan fingerprint density at radius 1 is 1.08 bits per heavy atom. The van der Waals surface area contributed by atoms with Crippen molar-refractivity contribution in [2.75, 3.05) is 6.61 Å². The molecule has 1 fully saturated rings. The molecule has 0 spiro atoms. The number of carbonyl (C=O) groups excluding carboxylic acids is 1. The van der Waals surface area contributed by atoms with Gasteiger partial charge in [-0.2, -0.15) is 8.42 Å². The number of rotatable bonds is 8. The first-order valence-electron chi connectivity index (χ1n) is 10.7. The molecule has 13 heteroatoms. The number of amidine groups is 1. The zero-order valence-corrected chi connectivity index (χ0v) is 22.3. The number of nitro groups is 1. The maximum absolute atomic E-state index is 12.7. The average Bonchev–Trinajstić information content (AvgIpc) is 3.20. The van der Waals surface area contributed by atoms with Crippen LogP contribution in [0.5, 0.6) is 11.5 Å². The molecule has 0 radical (unpaired) electrons. The lowest BCUT2D eigenvalue weighted by molar-refractivity contribution is -0.384. The van der Waals surface area contributed by atoms with E-state index < -0.39 is 15.0 Å². The Kier molecular flexibility index (Phi) is 7.95. The monoisotopic (exact) mass is 603 g/mol. The molecule has 1 aliphatic heterocycles. The van der Waals surface area contributed by atoms with Crippen molar-refractivity contribution in [1.29, 1.82) is 0 Å². The van der Waals surface area contributed by atoms with Crippen LogP contribution >= 0.6 is 27.7 Å². The fourth-order valence-electron chi connectivity index (χ4n) is 3.12. The van der Waals surface area contributed by atoms with Crippen molar-refractivity contribution in [2.45, 2.75) is 11.8 Å². The van der Waals surface area contributed by atoms with Gasteiger partial charge in [0, 0.05) is 16.6 Å². The summed E-state index contributed by atoms with van der Waals surface area (Å²) in [7, 11) is -4.29. The normalized spacial score (nSPS) is 15.6. The predicted octanol–water partition coefficient (Wildman–Crippen LogP) is 5.42. The van der Waals surface area contributed by atoms with Gasteiger partial charge in [0.25, 0.3) is 11.6 Å². The van der Waals surface area contributed by atoms with Crippen molar-refractivity contribution in [2.24, 2.45) is 4.99 Å². The highest BCUT2D eigenvalue weighted by atomic mass is 79.9. The first kappa shape index (κ1) is 26.4. The molecular weight excluding hydrogens is 586 g/mol. The van der Waals surface area contributed by atoms with E-state index >= 15 is 0 Å². The number of amides is 1. The minimum atomic E-state index is -4.29. The molecule has 1 amide bonds. The van der Waals surface area contributed by atoms with Crippen molar-refractivity contribution in [3.8, 4) is 11.5 Å². The van der Waals surface area contributed by atoms with E-state index in [1.165, 1.54) is 17.8 Å². The molecule has 37 heavy (non-hydrogen) atoms. The van der Waals surface area contributed by atoms with Gasteiger partial charge in [-0.05, 0) is 78.9 Å². The summed E-state index contributed by atoms with van der Waals surface area (Å²) in [4.78, 5) is 27.2. The van der Waals surface area contributed by atoms with Gasteiger partial charge in [-0.25, -0.2) is 4.99 Å². The Labute approximate surface area is 224 Å². The fourth-order valence-corrected chi connectivity index (χ4v) is 5.16. The highest BCUT2D eigenvalue weighted by molar-refractivity contribution is 9.10. The van der Waals surface area contributed by atoms with Gasteiger partial charge >= 0.3 is 10.1 Å². The zero-order chi connectivity index (χ0) is 26.6. The first-order valence-corrected chi connectivity index (χ1v) is 13.7. The number of benzene rings is 3. The molecule has 0 bridgehead atoms. The molecule has 0 aromatic heterocycles. The number of non-ortho nitro benzene ring substituents is 1. The standard InChI is InChI=1S/C24H18BrN3O7S2/c1-2-34-21-13-15(14-22-23(29)27-24(36-22)26-17-6-4-16(25)5-7-17)3-12-20(21)35-37(32,33)19-10-8-18(9-11-19)28(30)31/h3-14H,2H2,1H3,(H,26,27,29)/b22-14+. The minimum absolute atomic E-state index is 0.0663. The van der Waals surface area contributed by atoms with Gasteiger partial charge < -0.3 is 14.2 Å². The lowest BCUT2D eigenvalue weighted by Gasteiger charge is -2.12. The second-order valence-corrected chi connectivity index (χ2v) is 10.9. The summed E-state index contributed by atoms with van der Waals surface area (Å²) in [6.45, 7) is 1.96. The second-order valence-electron chi connectivity index (χ2n) is 7.39. The van der Waals surface area contributed by atoms with E-state index in [1.807, 2.05) is 24.3 Å². The number of thioether (sulfide) groups is 1. The molecule has 3 aromatic carbocycles. The largest absolute Gasteiger partial charge is 0.490 e. The summed E-state index contributed by atoms with van der Waals surface area (Å²) in [5, 5.41) is 14.0. The molecule has 0 unspecified atom stereocenters. The van der Waals surface area contributed by atoms with Gasteiger partial charge in [0.2, 0.25) is 0 Å². The lowest BCUT2D eigenvalue weighted by atomic mass is 10.2. The van der Waals surface area contributed by atoms with Gasteiger partial charge in [-0.15, -0.1) is 0 Å². The van der Waals surface area contributed by atoms with E-state index in [0.29, 0.717) is 21.3 Å². The summed E-state index contributed by atoms with van der Waals surface area (Å²) >= 11 is 4.53. The van der Waals surface area contributed by atoms with Crippen LogP contribution in [0.3, 0.4) is 0 Å². The topological polar surface area (TPSA) is 137 Å². The molecule has 0 atom stereocenters. The second kappa shape index (κ2) is 11.2. The number of hydrogen-bond acceptors (Lipinski definition) is 9. The molecule has 0 aliphatic carbocycles. The van der Waals surface area contributed by atoms with Gasteiger partial charge in [0.05, 0.1) is 22.1 Å². The summed E-state index contributed by atoms with van der Waals surface area (Å²) in [5.74, 6) is -0.238. The van der Waals surface area contributed by atoms with Crippen LogP contribution in [-0.2, 0) is 14.9 Å². The summed E-state index contributed by atoms with van der Waals surface area (Å²) in [6, 6.07) is 16.2. The zero-order valence-electron chi connectivity index (χ0n) is 19.1. The molecule has 1 aliphatic rings. The number of nitrogens with zero attached hydrogens (tertiary/aromatic N) is 2. The van der Waals surface area contributed by atoms with Gasteiger partial charge in [-0.1, -0.05) is 22.0 Å². The predicted molar refractivity (Wildman–Crippen MR) is 143 cm³/mol. The van der Waals surface area contributed by atoms with Crippen molar-refractivity contribution >= 4 is 66.3 Å². The maximum Gasteiger partial charge on any atom is 0.339 e. The van der Waals surface area contributed by atoms with Gasteiger partial charge in [0.15, 0.2) is 16.7 Å². The Morgan fingerprint density at radius 3 is 2.43 bits per heavy atom. The average molecular weight is 604 g/mol. The SMILES string of the molecule is CCOc1cc(/C=C2/SC(=Nc3ccc(Br)cc3)NC2=O)ccc1OS(=O)(=O)c1ccc([N+](=O)[O-])cc1. The molecule has 0 saturated carbocycles. The summed E-state index contributed by atoms with van der Waals surface area (Å²) < 4.78 is 37.2. The molecule has 10 nitrogen and oxygen atoms in total. The van der Waals surface area contributed by atoms with Crippen LogP contribution < -0.4 is 14.2 Å². The molecule has 4 rings (SSSR count).